The minimum atomic E-state index is -0.229. The van der Waals surface area contributed by atoms with Crippen molar-refractivity contribution in [3.63, 3.8) is 0 Å². The van der Waals surface area contributed by atoms with E-state index in [1.807, 2.05) is 0 Å². The number of aliphatic hydroxyl groups is 1. The van der Waals surface area contributed by atoms with Crippen LogP contribution in [0.2, 0.25) is 0 Å². The van der Waals surface area contributed by atoms with E-state index in [0.29, 0.717) is 33.7 Å². The Kier molecular flexibility index (Phi) is 4.92. The maximum Gasteiger partial charge on any atom is 0.0675 e. The molecule has 2 nitrogen and oxygen atoms in total. The van der Waals surface area contributed by atoms with Crippen molar-refractivity contribution in [1.82, 2.24) is 0 Å². The van der Waals surface area contributed by atoms with Gasteiger partial charge in [-0.15, -0.1) is 0 Å². The van der Waals surface area contributed by atoms with E-state index >= 15 is 0 Å². The predicted molar refractivity (Wildman–Crippen MR) is 138 cm³/mol. The number of aliphatic hydroxyl groups excluding tert-OH is 1. The molecule has 6 fully saturated rings. The molecule has 1 saturated heterocycles. The van der Waals surface area contributed by atoms with Crippen LogP contribution in [-0.2, 0) is 4.74 Å². The summed E-state index contributed by atoms with van der Waals surface area (Å²) in [4.78, 5) is 0.214. The van der Waals surface area contributed by atoms with E-state index in [4.69, 9.17) is 4.74 Å². The molecule has 188 valence electrons. The lowest BCUT2D eigenvalue weighted by molar-refractivity contribution is -0.248. The second-order valence-electron chi connectivity index (χ2n) is 15.8. The molecule has 2 bridgehead atoms. The highest BCUT2D eigenvalue weighted by molar-refractivity contribution is 9.09. The smallest absolute Gasteiger partial charge is 0.0675 e. The predicted octanol–water partition coefficient (Wildman–Crippen LogP) is 7.61. The van der Waals surface area contributed by atoms with Gasteiger partial charge in [0, 0.05) is 4.83 Å². The van der Waals surface area contributed by atoms with E-state index < -0.39 is 0 Å². The molecule has 6 aliphatic rings. The molecule has 0 aromatic rings. The number of halogens is 1. The van der Waals surface area contributed by atoms with Gasteiger partial charge in [-0.3, -0.25) is 0 Å². The summed E-state index contributed by atoms with van der Waals surface area (Å²) in [7, 11) is 0. The maximum atomic E-state index is 11.2. The Morgan fingerprint density at radius 1 is 0.788 bits per heavy atom. The van der Waals surface area contributed by atoms with Gasteiger partial charge in [0.1, 0.15) is 0 Å². The Balaban J connectivity index is 1.40. The van der Waals surface area contributed by atoms with Crippen molar-refractivity contribution >= 4 is 15.9 Å². The fourth-order valence-electron chi connectivity index (χ4n) is 12.1. The molecule has 1 N–H and O–H groups in total. The molecule has 5 aliphatic carbocycles. The zero-order valence-corrected chi connectivity index (χ0v) is 23.9. The van der Waals surface area contributed by atoms with Gasteiger partial charge in [-0.25, -0.2) is 0 Å². The molecule has 3 heteroatoms. The summed E-state index contributed by atoms with van der Waals surface area (Å²) in [6.45, 7) is 18.9. The molecule has 33 heavy (non-hydrogen) atoms. The topological polar surface area (TPSA) is 29.5 Å². The summed E-state index contributed by atoms with van der Waals surface area (Å²) in [5, 5.41) is 11.2. The van der Waals surface area contributed by atoms with Crippen LogP contribution in [0.25, 0.3) is 0 Å². The van der Waals surface area contributed by atoms with Crippen LogP contribution >= 0.6 is 15.9 Å². The van der Waals surface area contributed by atoms with Crippen LogP contribution in [0.3, 0.4) is 0 Å². The molecule has 0 unspecified atom stereocenters. The Bertz CT molecular complexity index is 837. The van der Waals surface area contributed by atoms with Crippen LogP contribution in [0.15, 0.2) is 0 Å². The van der Waals surface area contributed by atoms with E-state index in [2.05, 4.69) is 64.4 Å². The largest absolute Gasteiger partial charge is 0.392 e. The Hall–Kier alpha value is 0.400. The molecule has 0 aromatic carbocycles. The van der Waals surface area contributed by atoms with E-state index in [0.717, 1.165) is 30.8 Å². The van der Waals surface area contributed by atoms with Gasteiger partial charge in [0.2, 0.25) is 0 Å². The molecule has 0 radical (unpaired) electrons. The highest BCUT2D eigenvalue weighted by Gasteiger charge is 2.73. The lowest BCUT2D eigenvalue weighted by Crippen LogP contribution is -2.68. The molecule has 0 amide bonds. The fourth-order valence-corrected chi connectivity index (χ4v) is 12.6. The average Bonchev–Trinajstić information content (AvgIpc) is 3.06. The Morgan fingerprint density at radius 3 is 2.21 bits per heavy atom. The van der Waals surface area contributed by atoms with Crippen LogP contribution in [0, 0.1) is 56.2 Å². The molecule has 11 atom stereocenters. The number of fused-ring (bicyclic) bond motifs is 5. The lowest BCUT2D eigenvalue weighted by Gasteiger charge is -2.73. The summed E-state index contributed by atoms with van der Waals surface area (Å²) in [5.74, 6) is 3.00. The Morgan fingerprint density at radius 2 is 1.48 bits per heavy atom. The van der Waals surface area contributed by atoms with Crippen LogP contribution in [0.4, 0.5) is 0 Å². The third kappa shape index (κ3) is 2.70. The van der Waals surface area contributed by atoms with Crippen molar-refractivity contribution in [2.75, 3.05) is 6.61 Å². The third-order valence-electron chi connectivity index (χ3n) is 14.0. The van der Waals surface area contributed by atoms with Crippen LogP contribution in [0.1, 0.15) is 106 Å². The first-order chi connectivity index (χ1) is 15.2. The fraction of sp³-hybridized carbons (Fsp3) is 1.00. The van der Waals surface area contributed by atoms with Crippen molar-refractivity contribution < 1.29 is 9.84 Å². The second-order valence-corrected chi connectivity index (χ2v) is 16.8. The Labute approximate surface area is 211 Å². The zero-order chi connectivity index (χ0) is 23.8. The first-order valence-corrected chi connectivity index (χ1v) is 15.1. The summed E-state index contributed by atoms with van der Waals surface area (Å²) in [5.41, 5.74) is 1.96. The standard InChI is InChI=1S/C30H49BrO2/c1-25(2)12-14-30-15-13-28(6)18(22(30)24(25)33-17-30)8-9-21-27(5)16-19(32)23(31)26(3,4)20(27)10-11-29(21,28)7/h18-24,32H,8-17H2,1-7H3/t18-,19+,20+,21-,22+,23-,24-,27+,28-,29-,30-/m1/s1. The van der Waals surface area contributed by atoms with Gasteiger partial charge in [-0.05, 0) is 114 Å². The van der Waals surface area contributed by atoms with Gasteiger partial charge in [0.15, 0.2) is 0 Å². The zero-order valence-electron chi connectivity index (χ0n) is 22.3. The van der Waals surface area contributed by atoms with Crippen LogP contribution in [-0.4, -0.2) is 28.7 Å². The summed E-state index contributed by atoms with van der Waals surface area (Å²) in [6, 6.07) is 0. The normalized spacial score (nSPS) is 60.8. The summed E-state index contributed by atoms with van der Waals surface area (Å²) >= 11 is 3.93. The maximum absolute atomic E-state index is 11.2. The average molecular weight is 522 g/mol. The number of ether oxygens (including phenoxy) is 1. The van der Waals surface area contributed by atoms with Crippen molar-refractivity contribution in [1.29, 1.82) is 0 Å². The van der Waals surface area contributed by atoms with Gasteiger partial charge in [0.25, 0.3) is 0 Å². The number of alkyl halides is 1. The minimum absolute atomic E-state index is 0.141. The molecule has 1 aliphatic heterocycles. The summed E-state index contributed by atoms with van der Waals surface area (Å²) in [6.07, 6.45) is 12.2. The molecule has 0 spiro atoms. The van der Waals surface area contributed by atoms with Crippen LogP contribution < -0.4 is 0 Å². The molecule has 0 aromatic heterocycles. The van der Waals surface area contributed by atoms with Gasteiger partial charge in [-0.1, -0.05) is 64.4 Å². The van der Waals surface area contributed by atoms with E-state index in [-0.39, 0.29) is 21.8 Å². The minimum Gasteiger partial charge on any atom is -0.392 e. The highest BCUT2D eigenvalue weighted by atomic mass is 79.9. The van der Waals surface area contributed by atoms with Gasteiger partial charge in [0.05, 0.1) is 18.8 Å². The van der Waals surface area contributed by atoms with E-state index in [9.17, 15) is 5.11 Å². The SMILES string of the molecule is CC1(C)CC[C@]23CC[C@]4(C)[C@H](CC[C@@H]5[C@@]6(C)C[C@H](O)[C@@H](Br)C(C)(C)[C@@H]6CC[C@]54C)[C@H]2[C@H]1OC3. The second kappa shape index (κ2) is 6.83. The van der Waals surface area contributed by atoms with Gasteiger partial charge >= 0.3 is 0 Å². The monoisotopic (exact) mass is 520 g/mol. The first kappa shape index (κ1) is 23.8. The molecular formula is C30H49BrO2. The molecular weight excluding hydrogens is 472 g/mol. The van der Waals surface area contributed by atoms with Crippen LogP contribution in [0.5, 0.6) is 0 Å². The van der Waals surface area contributed by atoms with Gasteiger partial charge in [-0.2, -0.15) is 0 Å². The van der Waals surface area contributed by atoms with Crippen molar-refractivity contribution in [3.05, 3.63) is 0 Å². The first-order valence-electron chi connectivity index (χ1n) is 14.2. The molecule has 5 saturated carbocycles. The number of rotatable bonds is 0. The molecule has 1 heterocycles. The third-order valence-corrected chi connectivity index (χ3v) is 15.8. The van der Waals surface area contributed by atoms with Gasteiger partial charge < -0.3 is 9.84 Å². The summed E-state index contributed by atoms with van der Waals surface area (Å²) < 4.78 is 6.71. The lowest BCUT2D eigenvalue weighted by atomic mass is 9.31. The number of hydrogen-bond acceptors (Lipinski definition) is 2. The van der Waals surface area contributed by atoms with Crippen molar-refractivity contribution in [3.8, 4) is 0 Å². The van der Waals surface area contributed by atoms with Crippen molar-refractivity contribution in [2.24, 2.45) is 56.2 Å². The number of hydrogen-bond donors (Lipinski definition) is 1. The molecule has 6 rings (SSSR count). The highest BCUT2D eigenvalue weighted by Crippen LogP contribution is 2.78. The van der Waals surface area contributed by atoms with E-state index in [1.54, 1.807) is 0 Å². The van der Waals surface area contributed by atoms with Crippen molar-refractivity contribution in [2.45, 2.75) is 123 Å². The van der Waals surface area contributed by atoms with E-state index in [1.165, 1.54) is 51.4 Å². The quantitative estimate of drug-likeness (QED) is 0.333.